The van der Waals surface area contributed by atoms with E-state index in [-0.39, 0.29) is 5.91 Å². The highest BCUT2D eigenvalue weighted by atomic mass is 79.9. The molecule has 3 aromatic heterocycles. The molecule has 6 nitrogen and oxygen atoms in total. The van der Waals surface area contributed by atoms with Gasteiger partial charge in [0.05, 0.1) is 17.6 Å². The van der Waals surface area contributed by atoms with Gasteiger partial charge in [0.1, 0.15) is 5.69 Å². The number of fused-ring (bicyclic) bond motifs is 2. The van der Waals surface area contributed by atoms with Crippen LogP contribution in [0.25, 0.3) is 21.9 Å². The SMILES string of the molecule is Cc1nn(C)c2ncc(NC(=O)c3cc4cc(Br)ccc4[nH]3)cc12. The molecule has 0 unspecified atom stereocenters. The van der Waals surface area contributed by atoms with Gasteiger partial charge in [0, 0.05) is 27.8 Å². The number of aromatic nitrogens is 4. The molecule has 7 heteroatoms. The normalized spacial score (nSPS) is 11.3. The number of carbonyl (C=O) groups excluding carboxylic acids is 1. The zero-order valence-corrected chi connectivity index (χ0v) is 14.7. The first kappa shape index (κ1) is 14.9. The van der Waals surface area contributed by atoms with Gasteiger partial charge in [-0.2, -0.15) is 5.10 Å². The van der Waals surface area contributed by atoms with Gasteiger partial charge in [0.15, 0.2) is 5.65 Å². The van der Waals surface area contributed by atoms with Crippen molar-refractivity contribution in [3.63, 3.8) is 0 Å². The molecule has 0 spiro atoms. The van der Waals surface area contributed by atoms with Crippen molar-refractivity contribution in [3.8, 4) is 0 Å². The second-order valence-electron chi connectivity index (χ2n) is 5.67. The lowest BCUT2D eigenvalue weighted by molar-refractivity contribution is 0.102. The quantitative estimate of drug-likeness (QED) is 0.553. The fourth-order valence-electron chi connectivity index (χ4n) is 2.80. The Hall–Kier alpha value is -2.67. The summed E-state index contributed by atoms with van der Waals surface area (Å²) < 4.78 is 2.70. The molecule has 0 radical (unpaired) electrons. The van der Waals surface area contributed by atoms with Gasteiger partial charge in [0.2, 0.25) is 0 Å². The van der Waals surface area contributed by atoms with E-state index in [0.717, 1.165) is 32.1 Å². The molecule has 4 aromatic rings. The second-order valence-corrected chi connectivity index (χ2v) is 6.59. The third-order valence-corrected chi connectivity index (χ3v) is 4.44. The average molecular weight is 384 g/mol. The van der Waals surface area contributed by atoms with Crippen LogP contribution in [0.5, 0.6) is 0 Å². The van der Waals surface area contributed by atoms with E-state index in [1.807, 2.05) is 44.3 Å². The maximum Gasteiger partial charge on any atom is 0.272 e. The van der Waals surface area contributed by atoms with E-state index < -0.39 is 0 Å². The van der Waals surface area contributed by atoms with Crippen molar-refractivity contribution in [2.75, 3.05) is 5.32 Å². The first-order valence-electron chi connectivity index (χ1n) is 7.40. The van der Waals surface area contributed by atoms with Gasteiger partial charge < -0.3 is 10.3 Å². The van der Waals surface area contributed by atoms with Crippen LogP contribution in [0.4, 0.5) is 5.69 Å². The van der Waals surface area contributed by atoms with Crippen LogP contribution in [-0.2, 0) is 7.05 Å². The molecule has 1 aromatic carbocycles. The number of hydrogen-bond acceptors (Lipinski definition) is 3. The number of hydrogen-bond donors (Lipinski definition) is 2. The van der Waals surface area contributed by atoms with Crippen LogP contribution < -0.4 is 5.32 Å². The molecule has 120 valence electrons. The number of nitrogens with zero attached hydrogens (tertiary/aromatic N) is 3. The highest BCUT2D eigenvalue weighted by Crippen LogP contribution is 2.22. The largest absolute Gasteiger partial charge is 0.351 e. The lowest BCUT2D eigenvalue weighted by Gasteiger charge is -2.03. The summed E-state index contributed by atoms with van der Waals surface area (Å²) >= 11 is 3.43. The molecule has 0 bridgehead atoms. The summed E-state index contributed by atoms with van der Waals surface area (Å²) in [6, 6.07) is 9.56. The third kappa shape index (κ3) is 2.46. The molecule has 4 rings (SSSR count). The molecule has 24 heavy (non-hydrogen) atoms. The van der Waals surface area contributed by atoms with E-state index >= 15 is 0 Å². The summed E-state index contributed by atoms with van der Waals surface area (Å²) in [6.45, 7) is 1.92. The summed E-state index contributed by atoms with van der Waals surface area (Å²) in [5.41, 5.74) is 3.74. The molecule has 0 fully saturated rings. The molecule has 0 saturated heterocycles. The van der Waals surface area contributed by atoms with Crippen molar-refractivity contribution in [2.24, 2.45) is 7.05 Å². The van der Waals surface area contributed by atoms with Gasteiger partial charge in [0.25, 0.3) is 5.91 Å². The molecule has 2 N–H and O–H groups in total. The van der Waals surface area contributed by atoms with Crippen LogP contribution >= 0.6 is 15.9 Å². The summed E-state index contributed by atoms with van der Waals surface area (Å²) in [6.07, 6.45) is 1.64. The number of pyridine rings is 1. The Labute approximate surface area is 146 Å². The van der Waals surface area contributed by atoms with Crippen molar-refractivity contribution in [1.29, 1.82) is 0 Å². The number of anilines is 1. The van der Waals surface area contributed by atoms with E-state index in [9.17, 15) is 4.79 Å². The van der Waals surface area contributed by atoms with E-state index in [4.69, 9.17) is 0 Å². The first-order valence-corrected chi connectivity index (χ1v) is 8.19. The molecule has 0 aliphatic rings. The lowest BCUT2D eigenvalue weighted by atomic mass is 10.2. The second kappa shape index (κ2) is 5.45. The Morgan fingerprint density at radius 3 is 2.96 bits per heavy atom. The number of nitrogens with one attached hydrogen (secondary N) is 2. The van der Waals surface area contributed by atoms with Gasteiger partial charge in [-0.1, -0.05) is 15.9 Å². The fraction of sp³-hybridized carbons (Fsp3) is 0.118. The number of aromatic amines is 1. The van der Waals surface area contributed by atoms with Crippen LogP contribution in [0.2, 0.25) is 0 Å². The zero-order chi connectivity index (χ0) is 16.8. The smallest absolute Gasteiger partial charge is 0.272 e. The molecule has 0 aliphatic carbocycles. The molecular formula is C17H14BrN5O. The number of H-pyrrole nitrogens is 1. The standard InChI is InChI=1S/C17H14BrN5O/c1-9-13-7-12(8-19-16(13)23(2)22-9)20-17(24)15-6-10-5-11(18)3-4-14(10)21-15/h3-8,21H,1-2H3,(H,20,24). The van der Waals surface area contributed by atoms with Crippen molar-refractivity contribution in [1.82, 2.24) is 19.7 Å². The molecule has 0 atom stereocenters. The Morgan fingerprint density at radius 2 is 2.12 bits per heavy atom. The Balaban J connectivity index is 1.66. The van der Waals surface area contributed by atoms with Crippen LogP contribution in [0.3, 0.4) is 0 Å². The van der Waals surface area contributed by atoms with Gasteiger partial charge in [-0.15, -0.1) is 0 Å². The van der Waals surface area contributed by atoms with Crippen LogP contribution in [0.1, 0.15) is 16.2 Å². The average Bonchev–Trinajstić information content (AvgIpc) is 3.08. The van der Waals surface area contributed by atoms with E-state index in [1.54, 1.807) is 10.9 Å². The minimum atomic E-state index is -0.204. The number of rotatable bonds is 2. The summed E-state index contributed by atoms with van der Waals surface area (Å²) in [7, 11) is 1.85. The van der Waals surface area contributed by atoms with Gasteiger partial charge in [-0.3, -0.25) is 9.48 Å². The summed E-state index contributed by atoms with van der Waals surface area (Å²) in [5.74, 6) is -0.204. The fourth-order valence-corrected chi connectivity index (χ4v) is 3.18. The third-order valence-electron chi connectivity index (χ3n) is 3.95. The van der Waals surface area contributed by atoms with Crippen LogP contribution in [0.15, 0.2) is 41.0 Å². The maximum absolute atomic E-state index is 12.5. The summed E-state index contributed by atoms with van der Waals surface area (Å²) in [4.78, 5) is 20.0. The highest BCUT2D eigenvalue weighted by molar-refractivity contribution is 9.10. The Morgan fingerprint density at radius 1 is 1.29 bits per heavy atom. The maximum atomic E-state index is 12.5. The van der Waals surface area contributed by atoms with E-state index in [0.29, 0.717) is 11.4 Å². The molecule has 1 amide bonds. The van der Waals surface area contributed by atoms with E-state index in [1.165, 1.54) is 0 Å². The van der Waals surface area contributed by atoms with Crippen LogP contribution in [0, 0.1) is 6.92 Å². The van der Waals surface area contributed by atoms with Crippen molar-refractivity contribution < 1.29 is 4.79 Å². The highest BCUT2D eigenvalue weighted by Gasteiger charge is 2.12. The minimum Gasteiger partial charge on any atom is -0.351 e. The number of carbonyl (C=O) groups is 1. The molecule has 3 heterocycles. The Kier molecular flexibility index (Phi) is 3.38. The predicted octanol–water partition coefficient (Wildman–Crippen LogP) is 3.77. The number of aryl methyl sites for hydroxylation is 2. The monoisotopic (exact) mass is 383 g/mol. The summed E-state index contributed by atoms with van der Waals surface area (Å²) in [5, 5.41) is 9.12. The Bertz CT molecular complexity index is 1100. The van der Waals surface area contributed by atoms with Gasteiger partial charge in [-0.05, 0) is 37.3 Å². The number of benzene rings is 1. The van der Waals surface area contributed by atoms with Gasteiger partial charge >= 0.3 is 0 Å². The first-order chi connectivity index (χ1) is 11.5. The lowest BCUT2D eigenvalue weighted by Crippen LogP contribution is -2.12. The van der Waals surface area contributed by atoms with Crippen molar-refractivity contribution >= 4 is 49.5 Å². The number of amides is 1. The molecule has 0 aliphatic heterocycles. The van der Waals surface area contributed by atoms with Crippen molar-refractivity contribution in [3.05, 3.63) is 52.4 Å². The van der Waals surface area contributed by atoms with Crippen LogP contribution in [-0.4, -0.2) is 25.7 Å². The topological polar surface area (TPSA) is 75.6 Å². The molecular weight excluding hydrogens is 370 g/mol. The van der Waals surface area contributed by atoms with Crippen molar-refractivity contribution in [2.45, 2.75) is 6.92 Å². The minimum absolute atomic E-state index is 0.204. The predicted molar refractivity (Wildman–Crippen MR) is 97.2 cm³/mol. The van der Waals surface area contributed by atoms with E-state index in [2.05, 4.69) is 36.3 Å². The molecule has 0 saturated carbocycles. The zero-order valence-electron chi connectivity index (χ0n) is 13.1. The number of halogens is 1. The van der Waals surface area contributed by atoms with Gasteiger partial charge in [-0.25, -0.2) is 4.98 Å².